The molecule has 0 N–H and O–H groups in total. The lowest BCUT2D eigenvalue weighted by atomic mass is 10.2. The Kier molecular flexibility index (Phi) is 5.24. The van der Waals surface area contributed by atoms with Crippen molar-refractivity contribution in [2.24, 2.45) is 4.99 Å². The third-order valence-corrected chi connectivity index (χ3v) is 5.96. The number of hydrogen-bond acceptors (Lipinski definition) is 6. The fourth-order valence-corrected chi connectivity index (χ4v) is 4.31. The minimum absolute atomic E-state index is 0.531. The molecule has 0 aliphatic rings. The van der Waals surface area contributed by atoms with Gasteiger partial charge in [0.1, 0.15) is 5.15 Å². The lowest BCUT2D eigenvalue weighted by Gasteiger charge is -2.04. The van der Waals surface area contributed by atoms with Crippen LogP contribution < -0.4 is 0 Å². The van der Waals surface area contributed by atoms with Gasteiger partial charge in [-0.2, -0.15) is 0 Å². The zero-order valence-electron chi connectivity index (χ0n) is 13.5. The molecular weight excluding hydrogens is 384 g/mol. The van der Waals surface area contributed by atoms with Gasteiger partial charge in [-0.3, -0.25) is 0 Å². The number of para-hydroxylation sites is 1. The van der Waals surface area contributed by atoms with Crippen molar-refractivity contribution in [2.75, 3.05) is 0 Å². The number of aliphatic imine (C=N–C) groups is 1. The summed E-state index contributed by atoms with van der Waals surface area (Å²) in [6.07, 6.45) is 1.79. The van der Waals surface area contributed by atoms with Crippen molar-refractivity contribution in [3.63, 3.8) is 0 Å². The summed E-state index contributed by atoms with van der Waals surface area (Å²) in [7, 11) is 0. The van der Waals surface area contributed by atoms with Crippen LogP contribution in [0.5, 0.6) is 0 Å². The molecule has 2 aromatic carbocycles. The number of fused-ring (bicyclic) bond motifs is 1. The van der Waals surface area contributed by atoms with Gasteiger partial charge in [0.25, 0.3) is 0 Å². The van der Waals surface area contributed by atoms with Crippen LogP contribution in [0.15, 0.2) is 70.0 Å². The van der Waals surface area contributed by atoms with E-state index in [0.29, 0.717) is 16.0 Å². The quantitative estimate of drug-likeness (QED) is 0.243. The molecule has 0 aliphatic carbocycles. The van der Waals surface area contributed by atoms with Gasteiger partial charge in [0.15, 0.2) is 4.34 Å². The Labute approximate surface area is 164 Å². The van der Waals surface area contributed by atoms with Gasteiger partial charge in [-0.15, -0.1) is 10.2 Å². The third kappa shape index (κ3) is 4.09. The van der Waals surface area contributed by atoms with E-state index in [1.165, 1.54) is 11.3 Å². The number of benzene rings is 2. The van der Waals surface area contributed by atoms with Gasteiger partial charge < -0.3 is 0 Å². The van der Waals surface area contributed by atoms with E-state index in [0.717, 1.165) is 26.4 Å². The molecule has 0 saturated heterocycles. The van der Waals surface area contributed by atoms with E-state index >= 15 is 0 Å². The van der Waals surface area contributed by atoms with Crippen molar-refractivity contribution in [1.29, 1.82) is 0 Å². The van der Waals surface area contributed by atoms with Crippen LogP contribution in [0.2, 0.25) is 5.15 Å². The molecule has 26 heavy (non-hydrogen) atoms. The van der Waals surface area contributed by atoms with Gasteiger partial charge in [0.2, 0.25) is 5.13 Å². The Hall–Kier alpha value is -2.28. The van der Waals surface area contributed by atoms with Crippen LogP contribution >= 0.6 is 34.7 Å². The summed E-state index contributed by atoms with van der Waals surface area (Å²) in [5, 5.41) is 10.6. The van der Waals surface area contributed by atoms with Crippen molar-refractivity contribution >= 4 is 56.9 Å². The molecule has 2 aromatic heterocycles. The Morgan fingerprint density at radius 1 is 1.04 bits per heavy atom. The average Bonchev–Trinajstić information content (AvgIpc) is 3.13. The average molecular weight is 397 g/mol. The molecule has 128 valence electrons. The first-order chi connectivity index (χ1) is 12.8. The van der Waals surface area contributed by atoms with Gasteiger partial charge in [-0.05, 0) is 17.7 Å². The maximum Gasteiger partial charge on any atom is 0.232 e. The summed E-state index contributed by atoms with van der Waals surface area (Å²) in [5.74, 6) is 0.688. The summed E-state index contributed by atoms with van der Waals surface area (Å²) < 4.78 is 0.856. The van der Waals surface area contributed by atoms with Crippen LogP contribution in [-0.4, -0.2) is 21.4 Å². The van der Waals surface area contributed by atoms with Crippen molar-refractivity contribution in [1.82, 2.24) is 15.2 Å². The molecule has 4 rings (SSSR count). The van der Waals surface area contributed by atoms with Gasteiger partial charge >= 0.3 is 0 Å². The molecule has 0 saturated carbocycles. The predicted molar refractivity (Wildman–Crippen MR) is 110 cm³/mol. The molecule has 0 fully saturated rings. The van der Waals surface area contributed by atoms with Crippen molar-refractivity contribution in [3.8, 4) is 0 Å². The Bertz CT molecular complexity index is 1060. The smallest absolute Gasteiger partial charge is 0.232 e. The normalized spacial score (nSPS) is 11.4. The zero-order valence-corrected chi connectivity index (χ0v) is 15.9. The highest BCUT2D eigenvalue weighted by Gasteiger charge is 2.08. The molecule has 0 bridgehead atoms. The van der Waals surface area contributed by atoms with Crippen molar-refractivity contribution in [2.45, 2.75) is 10.1 Å². The number of thioether (sulfide) groups is 1. The molecule has 4 aromatic rings. The van der Waals surface area contributed by atoms with Crippen LogP contribution in [0.4, 0.5) is 5.13 Å². The summed E-state index contributed by atoms with van der Waals surface area (Å²) in [6, 6.07) is 19.9. The summed E-state index contributed by atoms with van der Waals surface area (Å²) in [6.45, 7) is 0. The number of aromatic nitrogens is 3. The standard InChI is InChI=1S/C19H13ClN4S2/c20-17-15(10-14-8-4-5-9-16(14)22-17)12-25-19-24-23-18(26-19)21-11-13-6-2-1-3-7-13/h1-11H,12H2/b21-11+. The number of halogens is 1. The second-order valence-corrected chi connectivity index (χ2v) is 7.98. The highest BCUT2D eigenvalue weighted by Crippen LogP contribution is 2.32. The summed E-state index contributed by atoms with van der Waals surface area (Å²) in [5.41, 5.74) is 2.92. The molecule has 4 nitrogen and oxygen atoms in total. The van der Waals surface area contributed by atoms with E-state index in [2.05, 4.69) is 26.2 Å². The van der Waals surface area contributed by atoms with Gasteiger partial charge in [0.05, 0.1) is 5.52 Å². The zero-order chi connectivity index (χ0) is 17.8. The fraction of sp³-hybridized carbons (Fsp3) is 0.0526. The highest BCUT2D eigenvalue weighted by molar-refractivity contribution is 8.00. The van der Waals surface area contributed by atoms with Gasteiger partial charge in [-0.1, -0.05) is 83.2 Å². The van der Waals surface area contributed by atoms with Crippen LogP contribution in [0.1, 0.15) is 11.1 Å². The van der Waals surface area contributed by atoms with Crippen LogP contribution in [0, 0.1) is 0 Å². The highest BCUT2D eigenvalue weighted by atomic mass is 35.5. The molecule has 0 spiro atoms. The SMILES string of the molecule is Clc1nc2ccccc2cc1CSc1nnc(/N=C/c2ccccc2)s1. The van der Waals surface area contributed by atoms with Crippen LogP contribution in [0.3, 0.4) is 0 Å². The number of rotatable bonds is 5. The van der Waals surface area contributed by atoms with E-state index in [-0.39, 0.29) is 0 Å². The first-order valence-corrected chi connectivity index (χ1v) is 10.1. The second kappa shape index (κ2) is 7.95. The third-order valence-electron chi connectivity index (χ3n) is 3.62. The topological polar surface area (TPSA) is 51.0 Å². The summed E-state index contributed by atoms with van der Waals surface area (Å²) in [4.78, 5) is 8.83. The Morgan fingerprint density at radius 3 is 2.73 bits per heavy atom. The monoisotopic (exact) mass is 396 g/mol. The fourth-order valence-electron chi connectivity index (χ4n) is 2.36. The second-order valence-electron chi connectivity index (χ2n) is 5.44. The Balaban J connectivity index is 1.45. The lowest BCUT2D eigenvalue weighted by molar-refractivity contribution is 1.01. The maximum absolute atomic E-state index is 6.31. The van der Waals surface area contributed by atoms with E-state index in [4.69, 9.17) is 11.6 Å². The van der Waals surface area contributed by atoms with Crippen LogP contribution in [0.25, 0.3) is 10.9 Å². The first kappa shape index (κ1) is 17.1. The lowest BCUT2D eigenvalue weighted by Crippen LogP contribution is -1.88. The molecule has 0 aliphatic heterocycles. The molecule has 0 radical (unpaired) electrons. The van der Waals surface area contributed by atoms with Crippen molar-refractivity contribution in [3.05, 3.63) is 76.9 Å². The van der Waals surface area contributed by atoms with E-state index in [1.54, 1.807) is 18.0 Å². The summed E-state index contributed by atoms with van der Waals surface area (Å²) >= 11 is 9.36. The molecule has 2 heterocycles. The number of pyridine rings is 1. The molecule has 0 unspecified atom stereocenters. The van der Waals surface area contributed by atoms with Crippen molar-refractivity contribution < 1.29 is 0 Å². The molecular formula is C19H13ClN4S2. The van der Waals surface area contributed by atoms with Gasteiger partial charge in [-0.25, -0.2) is 9.98 Å². The number of hydrogen-bond donors (Lipinski definition) is 0. The predicted octanol–water partition coefficient (Wildman–Crippen LogP) is 5.78. The van der Waals surface area contributed by atoms with Gasteiger partial charge in [0, 0.05) is 22.9 Å². The molecule has 0 amide bonds. The minimum atomic E-state index is 0.531. The van der Waals surface area contributed by atoms with Crippen LogP contribution in [-0.2, 0) is 5.75 Å². The molecule has 0 atom stereocenters. The minimum Gasteiger partial charge on any atom is -0.236 e. The van der Waals surface area contributed by atoms with E-state index in [9.17, 15) is 0 Å². The van der Waals surface area contributed by atoms with E-state index < -0.39 is 0 Å². The largest absolute Gasteiger partial charge is 0.236 e. The first-order valence-electron chi connectivity index (χ1n) is 7.87. The maximum atomic E-state index is 6.31. The molecule has 7 heteroatoms. The number of nitrogens with zero attached hydrogens (tertiary/aromatic N) is 4. The Morgan fingerprint density at radius 2 is 1.85 bits per heavy atom. The van der Waals surface area contributed by atoms with E-state index in [1.807, 2.05) is 54.6 Å².